The van der Waals surface area contributed by atoms with Gasteiger partial charge < -0.3 is 20.7 Å². The second-order valence-electron chi connectivity index (χ2n) is 10.2. The van der Waals surface area contributed by atoms with Gasteiger partial charge in [-0.15, -0.1) is 23.1 Å². The predicted octanol–water partition coefficient (Wildman–Crippen LogP) is 8.39. The quantitative estimate of drug-likeness (QED) is 0.0901. The van der Waals surface area contributed by atoms with Crippen molar-refractivity contribution in [3.8, 4) is 17.0 Å². The minimum atomic E-state index is -0.518. The first-order valence-corrected chi connectivity index (χ1v) is 16.8. The van der Waals surface area contributed by atoms with Gasteiger partial charge in [-0.05, 0) is 72.7 Å². The number of nitrogens with zero attached hydrogens (tertiary/aromatic N) is 1. The zero-order chi connectivity index (χ0) is 33.2. The van der Waals surface area contributed by atoms with Crippen LogP contribution < -0.4 is 20.7 Å². The van der Waals surface area contributed by atoms with E-state index in [2.05, 4.69) is 20.9 Å². The smallest absolute Gasteiger partial charge is 0.272 e. The molecule has 1 aromatic heterocycles. The highest BCUT2D eigenvalue weighted by molar-refractivity contribution is 8.00. The number of halogens is 1. The van der Waals surface area contributed by atoms with Gasteiger partial charge in [0.2, 0.25) is 5.91 Å². The molecule has 0 aliphatic rings. The molecular weight excluding hydrogens is 652 g/mol. The fraction of sp³-hybridized carbons (Fsp3) is 0.111. The van der Waals surface area contributed by atoms with Gasteiger partial charge in [0.15, 0.2) is 5.13 Å². The minimum Gasteiger partial charge on any atom is -0.496 e. The summed E-state index contributed by atoms with van der Waals surface area (Å²) in [5, 5.41) is 11.0. The topological polar surface area (TPSA) is 109 Å². The van der Waals surface area contributed by atoms with Gasteiger partial charge in [0.05, 0.1) is 18.1 Å². The molecule has 0 saturated heterocycles. The van der Waals surface area contributed by atoms with Gasteiger partial charge in [-0.2, -0.15) is 0 Å². The molecule has 4 aromatic carbocycles. The zero-order valence-corrected chi connectivity index (χ0v) is 27.9. The van der Waals surface area contributed by atoms with Crippen molar-refractivity contribution >= 4 is 69.3 Å². The van der Waals surface area contributed by atoms with Gasteiger partial charge in [0, 0.05) is 32.1 Å². The molecule has 11 heteroatoms. The van der Waals surface area contributed by atoms with Gasteiger partial charge >= 0.3 is 0 Å². The number of carbonyl (C=O) groups is 3. The highest BCUT2D eigenvalue weighted by atomic mass is 35.5. The van der Waals surface area contributed by atoms with E-state index in [1.807, 2.05) is 48.7 Å². The zero-order valence-electron chi connectivity index (χ0n) is 25.5. The van der Waals surface area contributed by atoms with Crippen LogP contribution in [-0.4, -0.2) is 35.1 Å². The highest BCUT2D eigenvalue weighted by Crippen LogP contribution is 2.33. The second kappa shape index (κ2) is 16.1. The van der Waals surface area contributed by atoms with E-state index in [9.17, 15) is 14.4 Å². The standard InChI is InChI=1S/C36H31ClN4O4S2/c1-3-32(35(44)41-36-40-30(22-46-36)28-17-7-8-18-31(28)45-2)47-27-16-10-15-26(21-27)38-34(43)29(20-23-11-9-14-25(37)19-23)39-33(42)24-12-5-4-6-13-24/h4-22,32H,3H2,1-2H3,(H,38,43)(H,39,42)(H,40,41,44)/b29-20-. The van der Waals surface area contributed by atoms with E-state index in [4.69, 9.17) is 16.3 Å². The molecule has 47 heavy (non-hydrogen) atoms. The van der Waals surface area contributed by atoms with Crippen LogP contribution in [0.2, 0.25) is 5.02 Å². The maximum absolute atomic E-state index is 13.5. The normalized spacial score (nSPS) is 11.8. The van der Waals surface area contributed by atoms with Crippen LogP contribution in [0.3, 0.4) is 0 Å². The van der Waals surface area contributed by atoms with Gasteiger partial charge in [-0.1, -0.05) is 67.1 Å². The number of benzene rings is 4. The molecule has 0 fully saturated rings. The van der Waals surface area contributed by atoms with Crippen molar-refractivity contribution in [2.45, 2.75) is 23.5 Å². The molecule has 1 unspecified atom stereocenters. The SMILES string of the molecule is CCC(Sc1cccc(NC(=O)/C(=C/c2cccc(Cl)c2)NC(=O)c2ccccc2)c1)C(=O)Nc1nc(-c2ccccc2OC)cs1. The number of ether oxygens (including phenoxy) is 1. The maximum Gasteiger partial charge on any atom is 0.272 e. The monoisotopic (exact) mass is 682 g/mol. The third-order valence-electron chi connectivity index (χ3n) is 6.84. The molecule has 238 valence electrons. The molecule has 1 heterocycles. The van der Waals surface area contributed by atoms with Crippen molar-refractivity contribution in [3.05, 3.63) is 130 Å². The van der Waals surface area contributed by atoms with Crippen LogP contribution in [0.25, 0.3) is 17.3 Å². The number of thiazole rings is 1. The van der Waals surface area contributed by atoms with Gasteiger partial charge in [0.25, 0.3) is 11.8 Å². The highest BCUT2D eigenvalue weighted by Gasteiger charge is 2.21. The van der Waals surface area contributed by atoms with Crippen molar-refractivity contribution in [2.75, 3.05) is 17.7 Å². The van der Waals surface area contributed by atoms with Crippen LogP contribution in [0.15, 0.2) is 119 Å². The fourth-order valence-electron chi connectivity index (χ4n) is 4.53. The number of anilines is 2. The van der Waals surface area contributed by atoms with Crippen LogP contribution in [0.5, 0.6) is 5.75 Å². The Labute approximate surface area is 286 Å². The fourth-order valence-corrected chi connectivity index (χ4v) is 6.46. The van der Waals surface area contributed by atoms with Crippen molar-refractivity contribution in [1.29, 1.82) is 0 Å². The first-order chi connectivity index (χ1) is 22.8. The lowest BCUT2D eigenvalue weighted by molar-refractivity contribution is -0.116. The van der Waals surface area contributed by atoms with E-state index in [1.165, 1.54) is 23.1 Å². The molecule has 5 rings (SSSR count). The Kier molecular flexibility index (Phi) is 11.5. The Morgan fingerprint density at radius 3 is 2.47 bits per heavy atom. The lowest BCUT2D eigenvalue weighted by Gasteiger charge is -2.15. The summed E-state index contributed by atoms with van der Waals surface area (Å²) >= 11 is 8.89. The number of carbonyl (C=O) groups excluding carboxylic acids is 3. The maximum atomic E-state index is 13.5. The number of rotatable bonds is 12. The number of aromatic nitrogens is 1. The van der Waals surface area contributed by atoms with E-state index >= 15 is 0 Å². The summed E-state index contributed by atoms with van der Waals surface area (Å²) < 4.78 is 5.45. The Morgan fingerprint density at radius 1 is 0.936 bits per heavy atom. The van der Waals surface area contributed by atoms with Crippen LogP contribution in [-0.2, 0) is 9.59 Å². The molecule has 0 aliphatic heterocycles. The number of nitrogens with one attached hydrogen (secondary N) is 3. The van der Waals surface area contributed by atoms with E-state index in [-0.39, 0.29) is 11.6 Å². The number of hydrogen-bond donors (Lipinski definition) is 3. The van der Waals surface area contributed by atoms with Crippen LogP contribution in [0, 0.1) is 0 Å². The third-order valence-corrected chi connectivity index (χ3v) is 9.19. The van der Waals surface area contributed by atoms with E-state index in [0.717, 1.165) is 16.2 Å². The molecule has 3 N–H and O–H groups in total. The molecule has 0 saturated carbocycles. The number of para-hydroxylation sites is 1. The average molecular weight is 683 g/mol. The molecule has 0 radical (unpaired) electrons. The first kappa shape index (κ1) is 33.5. The number of amides is 3. The molecule has 5 aromatic rings. The largest absolute Gasteiger partial charge is 0.496 e. The van der Waals surface area contributed by atoms with Crippen LogP contribution in [0.4, 0.5) is 10.8 Å². The molecule has 0 spiro atoms. The first-order valence-electron chi connectivity index (χ1n) is 14.6. The average Bonchev–Trinajstić information content (AvgIpc) is 3.55. The van der Waals surface area contributed by atoms with Crippen LogP contribution >= 0.6 is 34.7 Å². The lowest BCUT2D eigenvalue weighted by Crippen LogP contribution is -2.30. The molecule has 0 bridgehead atoms. The molecular formula is C36H31ClN4O4S2. The predicted molar refractivity (Wildman–Crippen MR) is 191 cm³/mol. The van der Waals surface area contributed by atoms with E-state index in [1.54, 1.807) is 79.9 Å². The van der Waals surface area contributed by atoms with Crippen molar-refractivity contribution in [1.82, 2.24) is 10.3 Å². The number of thioether (sulfide) groups is 1. The van der Waals surface area contributed by atoms with E-state index < -0.39 is 17.1 Å². The summed E-state index contributed by atoms with van der Waals surface area (Å²) in [6.45, 7) is 1.94. The molecule has 1 atom stereocenters. The summed E-state index contributed by atoms with van der Waals surface area (Å²) in [6.07, 6.45) is 2.13. The summed E-state index contributed by atoms with van der Waals surface area (Å²) in [4.78, 5) is 45.1. The van der Waals surface area contributed by atoms with E-state index in [0.29, 0.717) is 39.1 Å². The summed E-state index contributed by atoms with van der Waals surface area (Å²) in [5.41, 5.74) is 3.16. The summed E-state index contributed by atoms with van der Waals surface area (Å²) in [5.74, 6) is -0.417. The number of hydrogen-bond acceptors (Lipinski definition) is 7. The van der Waals surface area contributed by atoms with Gasteiger partial charge in [-0.3, -0.25) is 14.4 Å². The summed E-state index contributed by atoms with van der Waals surface area (Å²) in [7, 11) is 1.61. The van der Waals surface area contributed by atoms with Crippen LogP contribution in [0.1, 0.15) is 29.3 Å². The van der Waals surface area contributed by atoms with Crippen molar-refractivity contribution in [2.24, 2.45) is 0 Å². The second-order valence-corrected chi connectivity index (χ2v) is 12.7. The molecule has 3 amide bonds. The Morgan fingerprint density at radius 2 is 1.70 bits per heavy atom. The minimum absolute atomic E-state index is 0.0425. The molecule has 8 nitrogen and oxygen atoms in total. The Hall–Kier alpha value is -4.90. The third kappa shape index (κ3) is 9.10. The molecule has 0 aliphatic carbocycles. The van der Waals surface area contributed by atoms with Crippen molar-refractivity contribution < 1.29 is 19.1 Å². The van der Waals surface area contributed by atoms with Gasteiger partial charge in [0.1, 0.15) is 11.4 Å². The lowest BCUT2D eigenvalue weighted by atomic mass is 10.1. The van der Waals surface area contributed by atoms with Gasteiger partial charge in [-0.25, -0.2) is 4.98 Å². The van der Waals surface area contributed by atoms with Crippen molar-refractivity contribution in [3.63, 3.8) is 0 Å². The summed E-state index contributed by atoms with van der Waals surface area (Å²) in [6, 6.07) is 30.4. The Balaban J connectivity index is 1.28. The number of methoxy groups -OCH3 is 1. The Bertz CT molecular complexity index is 1910.